The quantitative estimate of drug-likeness (QED) is 0.764. The van der Waals surface area contributed by atoms with Crippen LogP contribution in [-0.2, 0) is 0 Å². The number of hydrogen-bond acceptors (Lipinski definition) is 3. The fraction of sp³-hybridized carbons (Fsp3) is 0.600. The van der Waals surface area contributed by atoms with Crippen molar-refractivity contribution in [3.05, 3.63) is 23.5 Å². The smallest absolute Gasteiger partial charge is 0.0706 e. The molecule has 0 saturated heterocycles. The average molecular weight is 179 g/mol. The minimum Gasteiger partial charge on any atom is -0.330 e. The Labute approximate surface area is 79.4 Å². The molecule has 1 rings (SSSR count). The Morgan fingerprint density at radius 1 is 1.46 bits per heavy atom. The lowest BCUT2D eigenvalue weighted by atomic mass is 9.90. The minimum absolute atomic E-state index is 0.327. The summed E-state index contributed by atoms with van der Waals surface area (Å²) in [6, 6.07) is 1.98. The lowest BCUT2D eigenvalue weighted by Gasteiger charge is -2.18. The third kappa shape index (κ3) is 2.25. The zero-order chi connectivity index (χ0) is 9.84. The molecule has 1 unspecified atom stereocenters. The van der Waals surface area contributed by atoms with Gasteiger partial charge >= 0.3 is 0 Å². The Kier molecular flexibility index (Phi) is 3.37. The Bertz CT molecular complexity index is 271. The Morgan fingerprint density at radius 3 is 2.62 bits per heavy atom. The summed E-state index contributed by atoms with van der Waals surface area (Å²) >= 11 is 0. The summed E-state index contributed by atoms with van der Waals surface area (Å²) in [7, 11) is 0. The molecule has 3 nitrogen and oxygen atoms in total. The van der Waals surface area contributed by atoms with Crippen molar-refractivity contribution in [2.45, 2.75) is 26.7 Å². The number of nitrogens with zero attached hydrogens (tertiary/aromatic N) is 2. The van der Waals surface area contributed by atoms with Crippen LogP contribution in [0.3, 0.4) is 0 Å². The predicted molar refractivity (Wildman–Crippen MR) is 53.4 cm³/mol. The zero-order valence-electron chi connectivity index (χ0n) is 8.49. The molecule has 0 fully saturated rings. The number of nitrogens with two attached hydrogens (primary N) is 1. The van der Waals surface area contributed by atoms with Crippen LogP contribution in [0.15, 0.2) is 12.3 Å². The second-order valence-corrected chi connectivity index (χ2v) is 3.69. The van der Waals surface area contributed by atoms with Gasteiger partial charge in [0.1, 0.15) is 0 Å². The number of hydrogen-bond donors (Lipinski definition) is 1. The van der Waals surface area contributed by atoms with Crippen LogP contribution in [-0.4, -0.2) is 16.7 Å². The summed E-state index contributed by atoms with van der Waals surface area (Å²) in [5, 5.41) is 8.03. The van der Waals surface area contributed by atoms with Crippen LogP contribution in [0.4, 0.5) is 0 Å². The molecule has 0 radical (unpaired) electrons. The Balaban J connectivity index is 2.97. The minimum atomic E-state index is 0.327. The summed E-state index contributed by atoms with van der Waals surface area (Å²) in [6.45, 7) is 7.00. The molecule has 1 atom stereocenters. The fourth-order valence-corrected chi connectivity index (χ4v) is 1.47. The summed E-state index contributed by atoms with van der Waals surface area (Å²) in [4.78, 5) is 0. The van der Waals surface area contributed by atoms with Gasteiger partial charge in [-0.05, 0) is 24.5 Å². The average Bonchev–Trinajstić information content (AvgIpc) is 2.09. The van der Waals surface area contributed by atoms with Crippen molar-refractivity contribution in [3.63, 3.8) is 0 Å². The van der Waals surface area contributed by atoms with Crippen molar-refractivity contribution in [1.82, 2.24) is 10.2 Å². The summed E-state index contributed by atoms with van der Waals surface area (Å²) in [5.74, 6) is 0.842. The van der Waals surface area contributed by atoms with E-state index in [0.29, 0.717) is 18.4 Å². The topological polar surface area (TPSA) is 51.8 Å². The number of rotatable bonds is 3. The third-order valence-corrected chi connectivity index (χ3v) is 2.37. The van der Waals surface area contributed by atoms with E-state index in [1.54, 1.807) is 6.20 Å². The molecule has 0 aliphatic carbocycles. The van der Waals surface area contributed by atoms with Gasteiger partial charge in [-0.1, -0.05) is 13.8 Å². The van der Waals surface area contributed by atoms with Crippen LogP contribution in [0.2, 0.25) is 0 Å². The molecule has 1 heterocycles. The van der Waals surface area contributed by atoms with Gasteiger partial charge in [-0.3, -0.25) is 0 Å². The second kappa shape index (κ2) is 4.33. The highest BCUT2D eigenvalue weighted by molar-refractivity contribution is 5.20. The van der Waals surface area contributed by atoms with E-state index in [-0.39, 0.29) is 0 Å². The molecule has 1 aromatic rings. The van der Waals surface area contributed by atoms with Gasteiger partial charge in [0.15, 0.2) is 0 Å². The first-order valence-electron chi connectivity index (χ1n) is 4.65. The van der Waals surface area contributed by atoms with E-state index in [1.165, 1.54) is 5.56 Å². The highest BCUT2D eigenvalue weighted by Gasteiger charge is 2.17. The van der Waals surface area contributed by atoms with Gasteiger partial charge in [0.25, 0.3) is 0 Å². The highest BCUT2D eigenvalue weighted by atomic mass is 15.1. The maximum absolute atomic E-state index is 5.71. The Hall–Kier alpha value is -0.960. The molecular weight excluding hydrogens is 162 g/mol. The largest absolute Gasteiger partial charge is 0.330 e. The molecule has 13 heavy (non-hydrogen) atoms. The SMILES string of the molecule is Cc1ccnnc1C(CN)C(C)C. The molecule has 72 valence electrons. The first-order valence-corrected chi connectivity index (χ1v) is 4.65. The van der Waals surface area contributed by atoms with Crippen molar-refractivity contribution < 1.29 is 0 Å². The Morgan fingerprint density at radius 2 is 2.15 bits per heavy atom. The van der Waals surface area contributed by atoms with E-state index in [9.17, 15) is 0 Å². The summed E-state index contributed by atoms with van der Waals surface area (Å²) < 4.78 is 0. The first-order chi connectivity index (χ1) is 6.16. The maximum Gasteiger partial charge on any atom is 0.0706 e. The highest BCUT2D eigenvalue weighted by Crippen LogP contribution is 2.22. The van der Waals surface area contributed by atoms with Crippen LogP contribution in [0.1, 0.15) is 31.0 Å². The third-order valence-electron chi connectivity index (χ3n) is 2.37. The van der Waals surface area contributed by atoms with Crippen molar-refractivity contribution >= 4 is 0 Å². The standard InChI is InChI=1S/C10H17N3/c1-7(2)9(6-11)10-8(3)4-5-12-13-10/h4-5,7,9H,6,11H2,1-3H3. The molecule has 3 heteroatoms. The molecule has 0 aliphatic rings. The summed E-state index contributed by atoms with van der Waals surface area (Å²) in [6.07, 6.45) is 1.72. The van der Waals surface area contributed by atoms with Crippen LogP contribution in [0.5, 0.6) is 0 Å². The maximum atomic E-state index is 5.71. The van der Waals surface area contributed by atoms with Crippen molar-refractivity contribution in [3.8, 4) is 0 Å². The lowest BCUT2D eigenvalue weighted by Crippen LogP contribution is -2.20. The van der Waals surface area contributed by atoms with E-state index >= 15 is 0 Å². The van der Waals surface area contributed by atoms with Gasteiger partial charge in [0.2, 0.25) is 0 Å². The fourth-order valence-electron chi connectivity index (χ4n) is 1.47. The van der Waals surface area contributed by atoms with Crippen LogP contribution in [0, 0.1) is 12.8 Å². The van der Waals surface area contributed by atoms with E-state index in [2.05, 4.69) is 31.0 Å². The van der Waals surface area contributed by atoms with Crippen LogP contribution < -0.4 is 5.73 Å². The molecule has 0 aliphatic heterocycles. The van der Waals surface area contributed by atoms with E-state index < -0.39 is 0 Å². The van der Waals surface area contributed by atoms with Gasteiger partial charge in [0, 0.05) is 18.7 Å². The molecule has 0 saturated carbocycles. The number of aryl methyl sites for hydroxylation is 1. The summed E-state index contributed by atoms with van der Waals surface area (Å²) in [5.41, 5.74) is 7.93. The lowest BCUT2D eigenvalue weighted by molar-refractivity contribution is 0.488. The normalized spacial score (nSPS) is 13.3. The van der Waals surface area contributed by atoms with E-state index in [0.717, 1.165) is 5.69 Å². The monoisotopic (exact) mass is 179 g/mol. The molecule has 0 bridgehead atoms. The van der Waals surface area contributed by atoms with Crippen LogP contribution >= 0.6 is 0 Å². The van der Waals surface area contributed by atoms with Gasteiger partial charge in [-0.15, -0.1) is 0 Å². The van der Waals surface area contributed by atoms with Crippen molar-refractivity contribution in [1.29, 1.82) is 0 Å². The molecular formula is C10H17N3. The van der Waals surface area contributed by atoms with E-state index in [1.807, 2.05) is 6.07 Å². The second-order valence-electron chi connectivity index (χ2n) is 3.69. The molecule has 0 amide bonds. The molecule has 0 aromatic carbocycles. The van der Waals surface area contributed by atoms with E-state index in [4.69, 9.17) is 5.73 Å². The number of aromatic nitrogens is 2. The van der Waals surface area contributed by atoms with Crippen molar-refractivity contribution in [2.75, 3.05) is 6.54 Å². The van der Waals surface area contributed by atoms with Crippen molar-refractivity contribution in [2.24, 2.45) is 11.7 Å². The van der Waals surface area contributed by atoms with Gasteiger partial charge in [-0.25, -0.2) is 0 Å². The van der Waals surface area contributed by atoms with Crippen LogP contribution in [0.25, 0.3) is 0 Å². The van der Waals surface area contributed by atoms with Gasteiger partial charge in [0.05, 0.1) is 5.69 Å². The predicted octanol–water partition coefficient (Wildman–Crippen LogP) is 1.48. The molecule has 1 aromatic heterocycles. The first kappa shape index (κ1) is 10.1. The molecule has 0 spiro atoms. The van der Waals surface area contributed by atoms with Gasteiger partial charge in [-0.2, -0.15) is 10.2 Å². The van der Waals surface area contributed by atoms with Gasteiger partial charge < -0.3 is 5.73 Å². The molecule has 2 N–H and O–H groups in total. The zero-order valence-corrected chi connectivity index (χ0v) is 8.49.